The number of halogens is 3. The summed E-state index contributed by atoms with van der Waals surface area (Å²) in [5.74, 6) is -5.39. The molecule has 1 aromatic heterocycles. The van der Waals surface area contributed by atoms with Crippen LogP contribution in [0.2, 0.25) is 0 Å². The fraction of sp³-hybridized carbons (Fsp3) is 0.323. The normalized spacial score (nSPS) is 22.1. The predicted molar refractivity (Wildman–Crippen MR) is 150 cm³/mol. The van der Waals surface area contributed by atoms with Crippen molar-refractivity contribution >= 4 is 23.8 Å². The van der Waals surface area contributed by atoms with Gasteiger partial charge >= 0.3 is 0 Å². The van der Waals surface area contributed by atoms with Gasteiger partial charge in [-0.15, -0.1) is 0 Å². The maximum Gasteiger partial charge on any atom is 0.274 e. The van der Waals surface area contributed by atoms with Crippen LogP contribution in [0.4, 0.5) is 13.2 Å². The number of carbonyl (C=O) groups excluding carboxylic acids is 3. The molecule has 13 heteroatoms. The molecule has 0 unspecified atom stereocenters. The molecule has 6 rings (SSSR count). The third-order valence-electron chi connectivity index (χ3n) is 8.45. The molecule has 1 spiro atoms. The molecule has 44 heavy (non-hydrogen) atoms. The molecule has 3 aliphatic heterocycles. The zero-order valence-electron chi connectivity index (χ0n) is 23.5. The Kier molecular flexibility index (Phi) is 7.48. The molecule has 2 amide bonds. The number of aromatic nitrogens is 1. The highest BCUT2D eigenvalue weighted by Crippen LogP contribution is 2.46. The molecule has 1 saturated heterocycles. The van der Waals surface area contributed by atoms with Crippen LogP contribution in [-0.2, 0) is 22.8 Å². The smallest absolute Gasteiger partial charge is 0.274 e. The molecule has 2 aromatic carbocycles. The van der Waals surface area contributed by atoms with Crippen molar-refractivity contribution in [3.63, 3.8) is 0 Å². The molecular formula is C31H27F3N4O6. The summed E-state index contributed by atoms with van der Waals surface area (Å²) in [6, 6.07) is 8.91. The summed E-state index contributed by atoms with van der Waals surface area (Å²) < 4.78 is 49.4. The number of benzene rings is 2. The number of nitrogens with zero attached hydrogens (tertiary/aromatic N) is 3. The monoisotopic (exact) mass is 608 g/mol. The minimum absolute atomic E-state index is 0.0920. The second kappa shape index (κ2) is 11.3. The number of hydrogen-bond acceptors (Lipinski definition) is 7. The van der Waals surface area contributed by atoms with E-state index < -0.39 is 64.0 Å². The van der Waals surface area contributed by atoms with Gasteiger partial charge in [0.25, 0.3) is 11.8 Å². The van der Waals surface area contributed by atoms with Gasteiger partial charge in [0.15, 0.2) is 23.3 Å². The fourth-order valence-corrected chi connectivity index (χ4v) is 6.06. The van der Waals surface area contributed by atoms with Gasteiger partial charge in [0.2, 0.25) is 5.43 Å². The lowest BCUT2D eigenvalue weighted by atomic mass is 9.84. The van der Waals surface area contributed by atoms with Gasteiger partial charge in [0.05, 0.1) is 6.04 Å². The quantitative estimate of drug-likeness (QED) is 0.409. The summed E-state index contributed by atoms with van der Waals surface area (Å²) in [6.07, 6.45) is 2.89. The number of amides is 2. The lowest BCUT2D eigenvalue weighted by Crippen LogP contribution is -2.52. The molecule has 3 aromatic rings. The van der Waals surface area contributed by atoms with Gasteiger partial charge in [-0.2, -0.15) is 0 Å². The molecule has 228 valence electrons. The van der Waals surface area contributed by atoms with Crippen LogP contribution in [-0.4, -0.2) is 51.5 Å². The van der Waals surface area contributed by atoms with Crippen molar-refractivity contribution in [2.45, 2.75) is 57.0 Å². The van der Waals surface area contributed by atoms with Gasteiger partial charge in [-0.3, -0.25) is 19.2 Å². The van der Waals surface area contributed by atoms with Crippen molar-refractivity contribution in [2.24, 2.45) is 5.16 Å². The fourth-order valence-electron chi connectivity index (χ4n) is 6.06. The average molecular weight is 609 g/mol. The highest BCUT2D eigenvalue weighted by molar-refractivity contribution is 6.28. The second-order valence-electron chi connectivity index (χ2n) is 11.2. The summed E-state index contributed by atoms with van der Waals surface area (Å²) in [5, 5.41) is 6.28. The highest BCUT2D eigenvalue weighted by atomic mass is 19.1. The third kappa shape index (κ3) is 5.01. The lowest BCUT2D eigenvalue weighted by Gasteiger charge is -2.42. The van der Waals surface area contributed by atoms with Gasteiger partial charge in [-0.05, 0) is 25.3 Å². The average Bonchev–Trinajstić information content (AvgIpc) is 3.38. The number of nitrogens with one attached hydrogen (secondary N) is 1. The van der Waals surface area contributed by atoms with Gasteiger partial charge in [0, 0.05) is 49.4 Å². The van der Waals surface area contributed by atoms with Crippen molar-refractivity contribution in [1.29, 1.82) is 0 Å². The Labute approximate surface area is 249 Å². The number of hydrogen-bond donors (Lipinski definition) is 1. The number of fused-ring (bicyclic) bond motifs is 5. The Hall–Kier alpha value is -4.94. The Morgan fingerprint density at radius 1 is 1.18 bits per heavy atom. The lowest BCUT2D eigenvalue weighted by molar-refractivity contribution is -0.102. The van der Waals surface area contributed by atoms with E-state index in [-0.39, 0.29) is 42.8 Å². The van der Waals surface area contributed by atoms with E-state index in [9.17, 15) is 32.3 Å². The van der Waals surface area contributed by atoms with E-state index in [0.29, 0.717) is 36.8 Å². The van der Waals surface area contributed by atoms with Crippen molar-refractivity contribution in [3.05, 3.63) is 98.7 Å². The summed E-state index contributed by atoms with van der Waals surface area (Å²) in [5.41, 5.74) is -2.23. The van der Waals surface area contributed by atoms with Gasteiger partial charge in [-0.1, -0.05) is 35.5 Å². The Morgan fingerprint density at radius 3 is 2.59 bits per heavy atom. The number of rotatable bonds is 7. The second-order valence-corrected chi connectivity index (χ2v) is 11.2. The Balaban J connectivity index is 1.46. The number of ether oxygens (including phenoxy) is 1. The van der Waals surface area contributed by atoms with E-state index in [1.807, 2.05) is 6.92 Å². The molecule has 3 aliphatic rings. The Bertz CT molecular complexity index is 1740. The minimum Gasteiger partial charge on any atom is -0.483 e. The summed E-state index contributed by atoms with van der Waals surface area (Å²) in [6.45, 7) is 1.23. The predicted octanol–water partition coefficient (Wildman–Crippen LogP) is 3.67. The molecule has 2 bridgehead atoms. The maximum atomic E-state index is 14.3. The standard InChI is InChI=1S/C31H27F3N4O6/c1-17-7-8-31(11-20(15-39)36-44-31)25-14-37(17)30(42)26-28(43-16-18-5-3-2-4-6-18)27(40)22(13-38(25)26)29(41)35-12-21-23(33)9-19(32)10-24(21)34/h2-6,9-10,13,15,17,25H,7-8,11-12,14,16H2,1H3,(H,35,41)/t17-,25+,31-/m0/s1. The summed E-state index contributed by atoms with van der Waals surface area (Å²) in [4.78, 5) is 60.4. The van der Waals surface area contributed by atoms with E-state index in [2.05, 4.69) is 10.5 Å². The van der Waals surface area contributed by atoms with Crippen LogP contribution in [0, 0.1) is 17.5 Å². The van der Waals surface area contributed by atoms with Gasteiger partial charge < -0.3 is 24.4 Å². The van der Waals surface area contributed by atoms with E-state index in [1.54, 1.807) is 35.2 Å². The number of pyridine rings is 1. The Morgan fingerprint density at radius 2 is 1.91 bits per heavy atom. The first-order chi connectivity index (χ1) is 21.1. The van der Waals surface area contributed by atoms with Gasteiger partial charge in [0.1, 0.15) is 35.3 Å². The van der Waals surface area contributed by atoms with Crippen molar-refractivity contribution in [3.8, 4) is 5.75 Å². The van der Waals surface area contributed by atoms with Crippen LogP contribution in [0.3, 0.4) is 0 Å². The first-order valence-corrected chi connectivity index (χ1v) is 14.0. The highest BCUT2D eigenvalue weighted by Gasteiger charge is 2.54. The van der Waals surface area contributed by atoms with Crippen molar-refractivity contribution in [2.75, 3.05) is 6.54 Å². The molecule has 1 fully saturated rings. The van der Waals surface area contributed by atoms with Crippen LogP contribution in [0.15, 0.2) is 58.6 Å². The first kappa shape index (κ1) is 29.1. The summed E-state index contributed by atoms with van der Waals surface area (Å²) in [7, 11) is 0. The number of aldehydes is 1. The maximum absolute atomic E-state index is 14.3. The summed E-state index contributed by atoms with van der Waals surface area (Å²) >= 11 is 0. The van der Waals surface area contributed by atoms with Crippen molar-refractivity contribution in [1.82, 2.24) is 14.8 Å². The molecule has 3 atom stereocenters. The molecule has 10 nitrogen and oxygen atoms in total. The zero-order valence-corrected chi connectivity index (χ0v) is 23.5. The van der Waals surface area contributed by atoms with Crippen LogP contribution < -0.4 is 15.5 Å². The molecular weight excluding hydrogens is 581 g/mol. The largest absolute Gasteiger partial charge is 0.483 e. The van der Waals surface area contributed by atoms with Crippen LogP contribution >= 0.6 is 0 Å². The zero-order chi connectivity index (χ0) is 31.2. The molecule has 0 radical (unpaired) electrons. The molecule has 4 heterocycles. The third-order valence-corrected chi connectivity index (χ3v) is 8.45. The minimum atomic E-state index is -1.21. The van der Waals surface area contributed by atoms with E-state index in [4.69, 9.17) is 9.57 Å². The molecule has 0 saturated carbocycles. The SMILES string of the molecule is C[C@H]1CC[C@]2(CC(C=O)=NO2)[C@H]2CN1C(=O)c1c(OCc3ccccc3)c(=O)c(C(=O)NCc3c(F)cc(F)cc3F)cn12. The van der Waals surface area contributed by atoms with Crippen LogP contribution in [0.25, 0.3) is 0 Å². The molecule has 1 N–H and O–H groups in total. The topological polar surface area (TPSA) is 119 Å². The van der Waals surface area contributed by atoms with Crippen molar-refractivity contribution < 1.29 is 37.1 Å². The number of oxime groups is 1. The number of carbonyl (C=O) groups is 3. The van der Waals surface area contributed by atoms with E-state index in [1.165, 1.54) is 10.8 Å². The first-order valence-electron chi connectivity index (χ1n) is 14.0. The van der Waals surface area contributed by atoms with E-state index >= 15 is 0 Å². The van der Waals surface area contributed by atoms with Gasteiger partial charge in [-0.25, -0.2) is 13.2 Å². The van der Waals surface area contributed by atoms with Crippen LogP contribution in [0.1, 0.15) is 64.2 Å². The van der Waals surface area contributed by atoms with Crippen LogP contribution in [0.5, 0.6) is 5.75 Å². The molecule has 0 aliphatic carbocycles. The van der Waals surface area contributed by atoms with E-state index in [0.717, 1.165) is 0 Å².